The van der Waals surface area contributed by atoms with E-state index in [9.17, 15) is 15.0 Å². The highest BCUT2D eigenvalue weighted by atomic mass is 28.4. The van der Waals surface area contributed by atoms with Crippen LogP contribution >= 0.6 is 0 Å². The first kappa shape index (κ1) is 29.2. The fraction of sp³-hybridized carbons (Fsp3) is 0.720. The van der Waals surface area contributed by atoms with Gasteiger partial charge in [-0.3, -0.25) is 4.79 Å². The van der Waals surface area contributed by atoms with Crippen LogP contribution in [0.15, 0.2) is 24.3 Å². The molecule has 0 amide bonds. The van der Waals surface area contributed by atoms with Crippen LogP contribution in [0.25, 0.3) is 0 Å². The molecule has 1 aromatic rings. The van der Waals surface area contributed by atoms with E-state index < -0.39 is 47.3 Å². The van der Waals surface area contributed by atoms with Crippen LogP contribution in [0.3, 0.4) is 0 Å². The first-order valence-corrected chi connectivity index (χ1v) is 17.8. The van der Waals surface area contributed by atoms with Crippen LogP contribution < -0.4 is 4.74 Å². The van der Waals surface area contributed by atoms with Gasteiger partial charge in [0, 0.05) is 5.56 Å². The Balaban J connectivity index is 2.30. The minimum Gasteiger partial charge on any atom is -0.462 e. The maximum Gasteiger partial charge on any atom is 0.229 e. The summed E-state index contributed by atoms with van der Waals surface area (Å²) >= 11 is 0. The van der Waals surface area contributed by atoms with Gasteiger partial charge in [-0.25, -0.2) is 0 Å². The summed E-state index contributed by atoms with van der Waals surface area (Å²) in [6.07, 6.45) is -4.12. The van der Waals surface area contributed by atoms with Gasteiger partial charge >= 0.3 is 0 Å². The molecule has 1 fully saturated rings. The molecule has 0 aromatic heterocycles. The third-order valence-electron chi connectivity index (χ3n) is 7.64. The molecule has 2 rings (SSSR count). The summed E-state index contributed by atoms with van der Waals surface area (Å²) in [5.41, 5.74) is 0.520. The number of aldehydes is 1. The van der Waals surface area contributed by atoms with Crippen molar-refractivity contribution in [2.24, 2.45) is 0 Å². The number of aliphatic hydroxyl groups is 2. The van der Waals surface area contributed by atoms with Crippen LogP contribution in [-0.2, 0) is 13.6 Å². The molecular formula is C25H44O7Si2. The Labute approximate surface area is 207 Å². The van der Waals surface area contributed by atoms with Gasteiger partial charge in [-0.15, -0.1) is 0 Å². The molecule has 0 aliphatic carbocycles. The fourth-order valence-electron chi connectivity index (χ4n) is 3.84. The molecule has 0 spiro atoms. The maximum atomic E-state index is 11.2. The summed E-state index contributed by atoms with van der Waals surface area (Å²) in [5.74, 6) is 0.435. The average Bonchev–Trinajstić information content (AvgIpc) is 2.80. The Bertz CT molecular complexity index is 766. The van der Waals surface area contributed by atoms with E-state index in [-0.39, 0.29) is 11.6 Å². The van der Waals surface area contributed by atoms with Crippen LogP contribution in [0.5, 0.6) is 5.75 Å². The third kappa shape index (κ3) is 6.78. The van der Waals surface area contributed by atoms with Gasteiger partial charge in [-0.2, -0.15) is 0 Å². The van der Waals surface area contributed by atoms with Gasteiger partial charge in [-0.05, 0) is 60.5 Å². The maximum absolute atomic E-state index is 11.2. The molecule has 1 aliphatic heterocycles. The molecule has 7 nitrogen and oxygen atoms in total. The van der Waals surface area contributed by atoms with Crippen LogP contribution in [0.4, 0.5) is 0 Å². The Kier molecular flexibility index (Phi) is 10.1. The summed E-state index contributed by atoms with van der Waals surface area (Å²) < 4.78 is 25.2. The molecule has 1 heterocycles. The van der Waals surface area contributed by atoms with Crippen molar-refractivity contribution in [3.05, 3.63) is 29.8 Å². The predicted molar refractivity (Wildman–Crippen MR) is 138 cm³/mol. The monoisotopic (exact) mass is 512 g/mol. The fourth-order valence-corrected chi connectivity index (χ4v) is 7.72. The molecule has 194 valence electrons. The molecule has 0 unspecified atom stereocenters. The SMILES string of the molecule is CC[Si](CC)(CC)O[C@H]1[C@@H](O)[C@@H](O)[C@H](Oc2ccc(C=O)cc2)O[C@@H]1CO[Si](C)(C)C(C)(C)C. The molecule has 2 N–H and O–H groups in total. The number of benzene rings is 1. The van der Waals surface area contributed by atoms with Crippen molar-refractivity contribution in [2.45, 2.75) is 109 Å². The summed E-state index contributed by atoms with van der Waals surface area (Å²) in [7, 11) is -4.20. The number of carbonyl (C=O) groups excluding carboxylic acids is 1. The number of aliphatic hydroxyl groups excluding tert-OH is 2. The van der Waals surface area contributed by atoms with Gasteiger partial charge in [0.1, 0.15) is 36.5 Å². The highest BCUT2D eigenvalue weighted by Crippen LogP contribution is 2.38. The van der Waals surface area contributed by atoms with Gasteiger partial charge in [0.05, 0.1) is 6.61 Å². The third-order valence-corrected chi connectivity index (χ3v) is 16.8. The minimum atomic E-state index is -2.11. The van der Waals surface area contributed by atoms with Gasteiger partial charge in [0.15, 0.2) is 16.6 Å². The molecule has 34 heavy (non-hydrogen) atoms. The first-order valence-electron chi connectivity index (χ1n) is 12.4. The van der Waals surface area contributed by atoms with Crippen molar-refractivity contribution < 1.29 is 33.3 Å². The lowest BCUT2D eigenvalue weighted by atomic mass is 9.99. The van der Waals surface area contributed by atoms with Crippen molar-refractivity contribution in [3.63, 3.8) is 0 Å². The second kappa shape index (κ2) is 11.8. The number of ether oxygens (including phenoxy) is 2. The van der Waals surface area contributed by atoms with Crippen molar-refractivity contribution in [2.75, 3.05) is 6.61 Å². The van der Waals surface area contributed by atoms with Crippen LogP contribution in [0.1, 0.15) is 51.9 Å². The molecule has 1 aliphatic rings. The lowest BCUT2D eigenvalue weighted by Gasteiger charge is -2.47. The quantitative estimate of drug-likeness (QED) is 0.327. The number of rotatable bonds is 11. The van der Waals surface area contributed by atoms with Gasteiger partial charge in [0.25, 0.3) is 0 Å². The van der Waals surface area contributed by atoms with Crippen molar-refractivity contribution in [3.8, 4) is 5.75 Å². The lowest BCUT2D eigenvalue weighted by Crippen LogP contribution is -2.64. The van der Waals surface area contributed by atoms with Crippen LogP contribution in [-0.4, -0.2) is 70.4 Å². The average molecular weight is 513 g/mol. The Morgan fingerprint density at radius 2 is 1.56 bits per heavy atom. The van der Waals surface area contributed by atoms with Crippen LogP contribution in [0, 0.1) is 0 Å². The Morgan fingerprint density at radius 1 is 1.00 bits per heavy atom. The first-order chi connectivity index (χ1) is 15.8. The van der Waals surface area contributed by atoms with Crippen LogP contribution in [0.2, 0.25) is 36.3 Å². The minimum absolute atomic E-state index is 0.0150. The number of hydrogen-bond donors (Lipinski definition) is 2. The topological polar surface area (TPSA) is 94.5 Å². The van der Waals surface area contributed by atoms with E-state index in [2.05, 4.69) is 54.6 Å². The van der Waals surface area contributed by atoms with E-state index in [0.717, 1.165) is 24.4 Å². The number of hydrogen-bond acceptors (Lipinski definition) is 7. The van der Waals surface area contributed by atoms with E-state index in [1.807, 2.05) is 0 Å². The van der Waals surface area contributed by atoms with Crippen molar-refractivity contribution in [1.82, 2.24) is 0 Å². The summed E-state index contributed by atoms with van der Waals surface area (Å²) in [5, 5.41) is 22.1. The van der Waals surface area contributed by atoms with E-state index >= 15 is 0 Å². The lowest BCUT2D eigenvalue weighted by molar-refractivity contribution is -0.273. The van der Waals surface area contributed by atoms with E-state index in [1.165, 1.54) is 0 Å². The highest BCUT2D eigenvalue weighted by Gasteiger charge is 2.50. The zero-order chi connectivity index (χ0) is 25.7. The second-order valence-corrected chi connectivity index (χ2v) is 20.3. The largest absolute Gasteiger partial charge is 0.462 e. The molecule has 1 saturated heterocycles. The molecule has 0 bridgehead atoms. The molecule has 5 atom stereocenters. The standard InChI is InChI=1S/C25H44O7Si2/c1-9-34(10-2,11-3)32-23-20(17-29-33(7,8)25(4,5)6)31-24(22(28)21(23)27)30-19-14-12-18(16-26)13-15-19/h12-16,20-24,27-28H,9-11,17H2,1-8H3/t20-,21+,22-,23-,24-/m1/s1. The Hall–Kier alpha value is -1.08. The van der Waals surface area contributed by atoms with E-state index in [0.29, 0.717) is 11.3 Å². The molecular weight excluding hydrogens is 468 g/mol. The number of carbonyl (C=O) groups is 1. The summed E-state index contributed by atoms with van der Waals surface area (Å²) in [6, 6.07) is 9.27. The normalized spacial score (nSPS) is 26.4. The molecule has 0 radical (unpaired) electrons. The second-order valence-electron chi connectivity index (χ2n) is 10.7. The summed E-state index contributed by atoms with van der Waals surface area (Å²) in [6.45, 7) is 17.5. The zero-order valence-corrected chi connectivity index (χ0v) is 24.0. The van der Waals surface area contributed by atoms with E-state index in [1.54, 1.807) is 24.3 Å². The smallest absolute Gasteiger partial charge is 0.229 e. The van der Waals surface area contributed by atoms with Gasteiger partial charge < -0.3 is 28.5 Å². The predicted octanol–water partition coefficient (Wildman–Crippen LogP) is 4.74. The van der Waals surface area contributed by atoms with Crippen molar-refractivity contribution >= 4 is 22.9 Å². The molecule has 1 aromatic carbocycles. The zero-order valence-electron chi connectivity index (χ0n) is 22.0. The highest BCUT2D eigenvalue weighted by molar-refractivity contribution is 6.74. The van der Waals surface area contributed by atoms with E-state index in [4.69, 9.17) is 18.3 Å². The Morgan fingerprint density at radius 3 is 2.03 bits per heavy atom. The van der Waals surface area contributed by atoms with Crippen molar-refractivity contribution in [1.29, 1.82) is 0 Å². The molecule has 0 saturated carbocycles. The molecule has 9 heteroatoms. The summed E-state index contributed by atoms with van der Waals surface area (Å²) in [4.78, 5) is 10.9. The van der Waals surface area contributed by atoms with Gasteiger partial charge in [-0.1, -0.05) is 41.5 Å². The van der Waals surface area contributed by atoms with Gasteiger partial charge in [0.2, 0.25) is 6.29 Å².